The molecule has 116 valence electrons. The fraction of sp³-hybridized carbons (Fsp3) is 0.812. The fourth-order valence-electron chi connectivity index (χ4n) is 2.79. The molecule has 2 unspecified atom stereocenters. The van der Waals surface area contributed by atoms with Crippen molar-refractivity contribution < 1.29 is 13.7 Å². The summed E-state index contributed by atoms with van der Waals surface area (Å²) in [6, 6.07) is 0. The third-order valence-corrected chi connectivity index (χ3v) is 8.49. The summed E-state index contributed by atoms with van der Waals surface area (Å²) in [6.07, 6.45) is 9.21. The van der Waals surface area contributed by atoms with E-state index in [0.717, 1.165) is 25.7 Å². The SMILES string of the molecule is C=C1CC2(CCCCC2OS(C)(C)C(C)(C)C)OC1=O. The Kier molecular flexibility index (Phi) is 4.02. The Morgan fingerprint density at radius 1 is 1.35 bits per heavy atom. The molecule has 3 nitrogen and oxygen atoms in total. The van der Waals surface area contributed by atoms with Crippen LogP contribution in [0.5, 0.6) is 0 Å². The lowest BCUT2D eigenvalue weighted by molar-refractivity contribution is -0.159. The first kappa shape index (κ1) is 15.9. The van der Waals surface area contributed by atoms with Crippen LogP contribution in [0.2, 0.25) is 0 Å². The van der Waals surface area contributed by atoms with Gasteiger partial charge in [0.2, 0.25) is 0 Å². The Morgan fingerprint density at radius 3 is 2.50 bits per heavy atom. The summed E-state index contributed by atoms with van der Waals surface area (Å²) >= 11 is 0. The second-order valence-electron chi connectivity index (χ2n) is 7.41. The molecule has 0 bridgehead atoms. The van der Waals surface area contributed by atoms with Crippen LogP contribution in [0.4, 0.5) is 0 Å². The third kappa shape index (κ3) is 2.77. The minimum Gasteiger partial charge on any atom is -0.453 e. The van der Waals surface area contributed by atoms with Gasteiger partial charge in [-0.3, -0.25) is 0 Å². The zero-order valence-electron chi connectivity index (χ0n) is 13.5. The molecular formula is C16H28O3S. The van der Waals surface area contributed by atoms with Gasteiger partial charge < -0.3 is 8.92 Å². The molecule has 0 aromatic heterocycles. The molecule has 0 amide bonds. The summed E-state index contributed by atoms with van der Waals surface area (Å²) in [6.45, 7) is 10.5. The average molecular weight is 300 g/mol. The van der Waals surface area contributed by atoms with Gasteiger partial charge in [-0.2, -0.15) is 0 Å². The second-order valence-corrected chi connectivity index (χ2v) is 11.3. The predicted molar refractivity (Wildman–Crippen MR) is 85.1 cm³/mol. The lowest BCUT2D eigenvalue weighted by Gasteiger charge is -2.50. The first-order chi connectivity index (χ1) is 9.07. The first-order valence-corrected chi connectivity index (χ1v) is 9.77. The Hall–Kier alpha value is -0.480. The lowest BCUT2D eigenvalue weighted by atomic mass is 9.80. The average Bonchev–Trinajstić information content (AvgIpc) is 2.57. The van der Waals surface area contributed by atoms with E-state index in [1.165, 1.54) is 0 Å². The molecule has 0 aromatic carbocycles. The van der Waals surface area contributed by atoms with E-state index in [-0.39, 0.29) is 16.8 Å². The van der Waals surface area contributed by atoms with Gasteiger partial charge in [-0.05, 0) is 31.8 Å². The van der Waals surface area contributed by atoms with Crippen LogP contribution in [-0.4, -0.2) is 34.9 Å². The molecule has 2 fully saturated rings. The summed E-state index contributed by atoms with van der Waals surface area (Å²) in [5.74, 6) is -0.232. The number of hydrogen-bond acceptors (Lipinski definition) is 3. The standard InChI is InChI=1S/C16H28O3S/c1-12-11-16(18-14(12)17)10-8-7-9-13(16)19-20(5,6)15(2,3)4/h13H,1,7-11H2,2-6H3. The maximum atomic E-state index is 11.8. The number of ether oxygens (including phenoxy) is 1. The highest BCUT2D eigenvalue weighted by atomic mass is 32.3. The quantitative estimate of drug-likeness (QED) is 0.572. The molecule has 1 saturated heterocycles. The molecule has 20 heavy (non-hydrogen) atoms. The summed E-state index contributed by atoms with van der Waals surface area (Å²) < 4.78 is 12.4. The van der Waals surface area contributed by atoms with Crippen LogP contribution >= 0.6 is 10.3 Å². The van der Waals surface area contributed by atoms with Crippen LogP contribution < -0.4 is 0 Å². The van der Waals surface area contributed by atoms with Gasteiger partial charge in [0.1, 0.15) is 11.7 Å². The normalized spacial score (nSPS) is 32.5. The van der Waals surface area contributed by atoms with Crippen molar-refractivity contribution in [3.63, 3.8) is 0 Å². The third-order valence-electron chi connectivity index (χ3n) is 4.83. The summed E-state index contributed by atoms with van der Waals surface area (Å²) in [4.78, 5) is 11.8. The van der Waals surface area contributed by atoms with Crippen LogP contribution in [0.3, 0.4) is 0 Å². The molecule has 2 atom stereocenters. The van der Waals surface area contributed by atoms with Gasteiger partial charge in [0.05, 0.1) is 0 Å². The van der Waals surface area contributed by atoms with E-state index in [9.17, 15) is 4.79 Å². The van der Waals surface area contributed by atoms with Crippen molar-refractivity contribution in [2.75, 3.05) is 12.5 Å². The molecule has 1 aliphatic heterocycles. The van der Waals surface area contributed by atoms with Crippen molar-refractivity contribution in [1.29, 1.82) is 0 Å². The summed E-state index contributed by atoms with van der Waals surface area (Å²) in [5.41, 5.74) is 0.158. The Labute approximate surface area is 124 Å². The number of rotatable bonds is 2. The topological polar surface area (TPSA) is 35.5 Å². The van der Waals surface area contributed by atoms with Gasteiger partial charge in [0, 0.05) is 16.7 Å². The van der Waals surface area contributed by atoms with Crippen molar-refractivity contribution >= 4 is 16.3 Å². The minimum atomic E-state index is -1.22. The van der Waals surface area contributed by atoms with Gasteiger partial charge >= 0.3 is 5.97 Å². The second kappa shape index (κ2) is 5.06. The Balaban J connectivity index is 2.21. The van der Waals surface area contributed by atoms with Gasteiger partial charge in [-0.15, -0.1) is 10.3 Å². The molecule has 1 saturated carbocycles. The van der Waals surface area contributed by atoms with E-state index in [1.807, 2.05) is 0 Å². The van der Waals surface area contributed by atoms with Gasteiger partial charge in [-0.1, -0.05) is 33.8 Å². The number of hydrogen-bond donors (Lipinski definition) is 0. The van der Waals surface area contributed by atoms with E-state index in [4.69, 9.17) is 8.92 Å². The molecule has 0 aromatic rings. The highest BCUT2D eigenvalue weighted by molar-refractivity contribution is 8.29. The maximum Gasteiger partial charge on any atom is 0.334 e. The number of esters is 1. The molecule has 2 rings (SSSR count). The van der Waals surface area contributed by atoms with Crippen molar-refractivity contribution in [3.8, 4) is 0 Å². The lowest BCUT2D eigenvalue weighted by Crippen LogP contribution is -2.47. The van der Waals surface area contributed by atoms with Crippen LogP contribution in [0.15, 0.2) is 12.2 Å². The van der Waals surface area contributed by atoms with Crippen molar-refractivity contribution in [2.45, 2.75) is 69.3 Å². The van der Waals surface area contributed by atoms with E-state index < -0.39 is 15.9 Å². The smallest absolute Gasteiger partial charge is 0.334 e. The Morgan fingerprint density at radius 2 is 2.00 bits per heavy atom. The highest BCUT2D eigenvalue weighted by Gasteiger charge is 2.52. The highest BCUT2D eigenvalue weighted by Crippen LogP contribution is 2.58. The van der Waals surface area contributed by atoms with E-state index in [0.29, 0.717) is 12.0 Å². The molecule has 4 heteroatoms. The Bertz CT molecular complexity index is 404. The molecule has 0 radical (unpaired) electrons. The molecule has 2 aliphatic rings. The largest absolute Gasteiger partial charge is 0.453 e. The first-order valence-electron chi connectivity index (χ1n) is 7.40. The predicted octanol–water partition coefficient (Wildman–Crippen LogP) is 3.97. The summed E-state index contributed by atoms with van der Waals surface area (Å²) in [5, 5.41) is 0. The number of carbonyl (C=O) groups is 1. The van der Waals surface area contributed by atoms with Crippen LogP contribution in [0.25, 0.3) is 0 Å². The zero-order chi connectivity index (χ0) is 15.2. The van der Waals surface area contributed by atoms with E-state index >= 15 is 0 Å². The van der Waals surface area contributed by atoms with Crippen LogP contribution in [-0.2, 0) is 13.7 Å². The van der Waals surface area contributed by atoms with Crippen LogP contribution in [0.1, 0.15) is 52.9 Å². The van der Waals surface area contributed by atoms with Gasteiger partial charge in [-0.25, -0.2) is 4.79 Å². The monoisotopic (exact) mass is 300 g/mol. The molecule has 1 aliphatic carbocycles. The number of carbonyl (C=O) groups excluding carboxylic acids is 1. The maximum absolute atomic E-state index is 11.8. The van der Waals surface area contributed by atoms with Crippen LogP contribution in [0, 0.1) is 0 Å². The summed E-state index contributed by atoms with van der Waals surface area (Å²) in [7, 11) is -1.22. The molecule has 1 heterocycles. The fourth-order valence-corrected chi connectivity index (χ4v) is 3.93. The zero-order valence-corrected chi connectivity index (χ0v) is 14.3. The van der Waals surface area contributed by atoms with Crippen molar-refractivity contribution in [3.05, 3.63) is 12.2 Å². The molecule has 0 N–H and O–H groups in total. The van der Waals surface area contributed by atoms with E-state index in [1.54, 1.807) is 0 Å². The van der Waals surface area contributed by atoms with Gasteiger partial charge in [0.25, 0.3) is 0 Å². The van der Waals surface area contributed by atoms with E-state index in [2.05, 4.69) is 39.9 Å². The molecule has 1 spiro atoms. The van der Waals surface area contributed by atoms with Crippen molar-refractivity contribution in [1.82, 2.24) is 0 Å². The van der Waals surface area contributed by atoms with Crippen molar-refractivity contribution in [2.24, 2.45) is 0 Å². The van der Waals surface area contributed by atoms with Gasteiger partial charge in [0.15, 0.2) is 0 Å². The molecular weight excluding hydrogens is 272 g/mol. The minimum absolute atomic E-state index is 0.0173.